The number of ether oxygens (including phenoxy) is 2. The van der Waals surface area contributed by atoms with Crippen molar-refractivity contribution in [3.05, 3.63) is 0 Å². The van der Waals surface area contributed by atoms with Gasteiger partial charge in [0.15, 0.2) is 0 Å². The second-order valence-corrected chi connectivity index (χ2v) is 8.41. The molecule has 3 heteroatoms. The van der Waals surface area contributed by atoms with E-state index in [0.29, 0.717) is 30.8 Å². The first kappa shape index (κ1) is 18.9. The van der Waals surface area contributed by atoms with Gasteiger partial charge in [0.1, 0.15) is 0 Å². The maximum atomic E-state index is 6.18. The predicted molar refractivity (Wildman–Crippen MR) is 89.7 cm³/mol. The molecular weight excluding hydrogens is 262 g/mol. The third-order valence-corrected chi connectivity index (χ3v) is 4.43. The fourth-order valence-corrected chi connectivity index (χ4v) is 3.14. The van der Waals surface area contributed by atoms with Crippen molar-refractivity contribution in [1.82, 2.24) is 5.32 Å². The van der Waals surface area contributed by atoms with Crippen LogP contribution in [-0.2, 0) is 9.47 Å². The van der Waals surface area contributed by atoms with Crippen molar-refractivity contribution in [3.8, 4) is 0 Å². The Morgan fingerprint density at radius 3 is 2.19 bits per heavy atom. The molecule has 0 amide bonds. The molecule has 0 aromatic carbocycles. The SMILES string of the molecule is CCNC1CCC(C(C)(C)C)CC1OCCOC(C)(C)C. The van der Waals surface area contributed by atoms with Crippen molar-refractivity contribution < 1.29 is 9.47 Å². The third kappa shape index (κ3) is 7.12. The first-order valence-corrected chi connectivity index (χ1v) is 8.62. The number of rotatable bonds is 6. The minimum absolute atomic E-state index is 0.0784. The number of hydrogen-bond acceptors (Lipinski definition) is 3. The fraction of sp³-hybridized carbons (Fsp3) is 1.00. The average molecular weight is 299 g/mol. The summed E-state index contributed by atoms with van der Waals surface area (Å²) < 4.78 is 11.9. The van der Waals surface area contributed by atoms with Crippen molar-refractivity contribution in [3.63, 3.8) is 0 Å². The Balaban J connectivity index is 2.47. The maximum absolute atomic E-state index is 6.18. The lowest BCUT2D eigenvalue weighted by Crippen LogP contribution is -2.47. The molecule has 0 aromatic rings. The van der Waals surface area contributed by atoms with E-state index in [1.165, 1.54) is 12.8 Å². The van der Waals surface area contributed by atoms with E-state index in [1.807, 2.05) is 0 Å². The fourth-order valence-electron chi connectivity index (χ4n) is 3.14. The molecule has 1 aliphatic rings. The van der Waals surface area contributed by atoms with Crippen LogP contribution in [0.1, 0.15) is 67.7 Å². The van der Waals surface area contributed by atoms with Crippen molar-refractivity contribution in [1.29, 1.82) is 0 Å². The Hall–Kier alpha value is -0.120. The molecule has 1 fully saturated rings. The summed E-state index contributed by atoms with van der Waals surface area (Å²) in [6.45, 7) is 17.9. The molecule has 21 heavy (non-hydrogen) atoms. The van der Waals surface area contributed by atoms with E-state index in [1.54, 1.807) is 0 Å². The standard InChI is InChI=1S/C18H37NO2/c1-8-19-15-10-9-14(17(2,3)4)13-16(15)20-11-12-21-18(5,6)7/h14-16,19H,8-13H2,1-7H3. The van der Waals surface area contributed by atoms with Crippen LogP contribution in [0.15, 0.2) is 0 Å². The number of nitrogens with one attached hydrogen (secondary N) is 1. The molecule has 3 unspecified atom stereocenters. The Morgan fingerprint density at radius 2 is 1.67 bits per heavy atom. The van der Waals surface area contributed by atoms with Crippen LogP contribution < -0.4 is 5.32 Å². The van der Waals surface area contributed by atoms with E-state index < -0.39 is 0 Å². The highest BCUT2D eigenvalue weighted by molar-refractivity contribution is 4.89. The van der Waals surface area contributed by atoms with Gasteiger partial charge in [-0.25, -0.2) is 0 Å². The highest BCUT2D eigenvalue weighted by Gasteiger charge is 2.36. The molecule has 0 bridgehead atoms. The van der Waals surface area contributed by atoms with E-state index in [9.17, 15) is 0 Å². The molecule has 0 heterocycles. The van der Waals surface area contributed by atoms with Gasteiger partial charge in [0.25, 0.3) is 0 Å². The maximum Gasteiger partial charge on any atom is 0.0732 e. The van der Waals surface area contributed by atoms with E-state index in [4.69, 9.17) is 9.47 Å². The molecule has 0 radical (unpaired) electrons. The summed E-state index contributed by atoms with van der Waals surface area (Å²) in [7, 11) is 0. The Kier molecular flexibility index (Phi) is 7.15. The lowest BCUT2D eigenvalue weighted by atomic mass is 9.70. The van der Waals surface area contributed by atoms with E-state index >= 15 is 0 Å². The zero-order chi connectivity index (χ0) is 16.1. The molecule has 0 saturated heterocycles. The van der Waals surface area contributed by atoms with Gasteiger partial charge < -0.3 is 14.8 Å². The van der Waals surface area contributed by atoms with Crippen molar-refractivity contribution >= 4 is 0 Å². The molecule has 0 aliphatic heterocycles. The molecule has 1 N–H and O–H groups in total. The van der Waals surface area contributed by atoms with Crippen LogP contribution in [0.5, 0.6) is 0 Å². The van der Waals surface area contributed by atoms with Crippen molar-refractivity contribution in [2.75, 3.05) is 19.8 Å². The normalized spacial score (nSPS) is 27.9. The molecule has 0 aromatic heterocycles. The Labute approximate surface area is 132 Å². The summed E-state index contributed by atoms with van der Waals surface area (Å²) in [5, 5.41) is 3.60. The van der Waals surface area contributed by atoms with Crippen LogP contribution in [0.25, 0.3) is 0 Å². The summed E-state index contributed by atoms with van der Waals surface area (Å²) in [4.78, 5) is 0. The van der Waals surface area contributed by atoms with Crippen LogP contribution in [0.4, 0.5) is 0 Å². The number of likely N-dealkylation sites (N-methyl/N-ethyl adjacent to an activating group) is 1. The summed E-state index contributed by atoms with van der Waals surface area (Å²) in [5.74, 6) is 0.751. The van der Waals surface area contributed by atoms with Crippen LogP contribution >= 0.6 is 0 Å². The predicted octanol–water partition coefficient (Wildman–Crippen LogP) is 4.01. The third-order valence-electron chi connectivity index (χ3n) is 4.43. The van der Waals surface area contributed by atoms with E-state index in [2.05, 4.69) is 53.8 Å². The largest absolute Gasteiger partial charge is 0.374 e. The molecular formula is C18H37NO2. The van der Waals surface area contributed by atoms with Crippen molar-refractivity contribution in [2.24, 2.45) is 11.3 Å². The molecule has 1 rings (SSSR count). The molecule has 126 valence electrons. The van der Waals surface area contributed by atoms with Gasteiger partial charge in [-0.1, -0.05) is 27.7 Å². The smallest absolute Gasteiger partial charge is 0.0732 e. The van der Waals surface area contributed by atoms with Crippen molar-refractivity contribution in [2.45, 2.75) is 85.5 Å². The monoisotopic (exact) mass is 299 g/mol. The van der Waals surface area contributed by atoms with Gasteiger partial charge in [0.05, 0.1) is 24.9 Å². The van der Waals surface area contributed by atoms with E-state index in [-0.39, 0.29) is 5.60 Å². The molecule has 0 spiro atoms. The van der Waals surface area contributed by atoms with E-state index in [0.717, 1.165) is 18.9 Å². The lowest BCUT2D eigenvalue weighted by Gasteiger charge is -2.42. The summed E-state index contributed by atoms with van der Waals surface area (Å²) in [5.41, 5.74) is 0.297. The first-order valence-electron chi connectivity index (χ1n) is 8.62. The zero-order valence-corrected chi connectivity index (χ0v) is 15.3. The number of hydrogen-bond donors (Lipinski definition) is 1. The Bertz CT molecular complexity index is 291. The topological polar surface area (TPSA) is 30.5 Å². The summed E-state index contributed by atoms with van der Waals surface area (Å²) >= 11 is 0. The molecule has 1 aliphatic carbocycles. The van der Waals surface area contributed by atoms with Gasteiger partial charge in [-0.2, -0.15) is 0 Å². The summed E-state index contributed by atoms with van der Waals surface area (Å²) in [6, 6.07) is 0.503. The van der Waals surface area contributed by atoms with Gasteiger partial charge in [-0.05, 0) is 57.9 Å². The lowest BCUT2D eigenvalue weighted by molar-refractivity contribution is -0.0757. The first-order chi connectivity index (χ1) is 9.63. The highest BCUT2D eigenvalue weighted by Crippen LogP contribution is 2.38. The molecule has 1 saturated carbocycles. The van der Waals surface area contributed by atoms with Crippen LogP contribution in [-0.4, -0.2) is 37.5 Å². The quantitative estimate of drug-likeness (QED) is 0.752. The van der Waals surface area contributed by atoms with Gasteiger partial charge in [-0.15, -0.1) is 0 Å². The highest BCUT2D eigenvalue weighted by atomic mass is 16.5. The Morgan fingerprint density at radius 1 is 1.00 bits per heavy atom. The second kappa shape index (κ2) is 7.94. The second-order valence-electron chi connectivity index (χ2n) is 8.41. The molecule has 3 nitrogen and oxygen atoms in total. The zero-order valence-electron chi connectivity index (χ0n) is 15.3. The van der Waals surface area contributed by atoms with Crippen LogP contribution in [0, 0.1) is 11.3 Å². The molecule has 3 atom stereocenters. The van der Waals surface area contributed by atoms with Gasteiger partial charge in [0.2, 0.25) is 0 Å². The average Bonchev–Trinajstić information content (AvgIpc) is 2.34. The van der Waals surface area contributed by atoms with Crippen LogP contribution in [0.3, 0.4) is 0 Å². The summed E-state index contributed by atoms with van der Waals surface area (Å²) in [6.07, 6.45) is 4.02. The van der Waals surface area contributed by atoms with Gasteiger partial charge in [-0.3, -0.25) is 0 Å². The van der Waals surface area contributed by atoms with Gasteiger partial charge >= 0.3 is 0 Å². The minimum Gasteiger partial charge on any atom is -0.374 e. The minimum atomic E-state index is -0.0784. The van der Waals surface area contributed by atoms with Gasteiger partial charge in [0, 0.05) is 6.04 Å². The van der Waals surface area contributed by atoms with Crippen LogP contribution in [0.2, 0.25) is 0 Å².